The molecule has 0 aromatic heterocycles. The van der Waals surface area contributed by atoms with E-state index in [1.807, 2.05) is 6.92 Å². The summed E-state index contributed by atoms with van der Waals surface area (Å²) in [5.41, 5.74) is 5.85. The molecule has 0 aliphatic rings. The first-order valence-corrected chi connectivity index (χ1v) is 7.00. The van der Waals surface area contributed by atoms with Gasteiger partial charge in [0.2, 0.25) is 0 Å². The van der Waals surface area contributed by atoms with Gasteiger partial charge in [-0.3, -0.25) is 0 Å². The summed E-state index contributed by atoms with van der Waals surface area (Å²) in [6, 6.07) is 8.44. The molecule has 0 aliphatic heterocycles. The van der Waals surface area contributed by atoms with E-state index in [0.29, 0.717) is 0 Å². The molecule has 0 fully saturated rings. The zero-order chi connectivity index (χ0) is 15.5. The second kappa shape index (κ2) is 6.13. The van der Waals surface area contributed by atoms with Gasteiger partial charge in [0.05, 0.1) is 0 Å². The summed E-state index contributed by atoms with van der Waals surface area (Å²) >= 11 is 0. The average molecular weight is 269 g/mol. The Morgan fingerprint density at radius 3 is 2.25 bits per heavy atom. The molecule has 0 radical (unpaired) electrons. The fourth-order valence-corrected chi connectivity index (χ4v) is 1.75. The van der Waals surface area contributed by atoms with Crippen molar-refractivity contribution in [3.8, 4) is 0 Å². The molecule has 0 spiro atoms. The van der Waals surface area contributed by atoms with E-state index in [1.54, 1.807) is 0 Å². The Balaban J connectivity index is 3.03. The van der Waals surface area contributed by atoms with E-state index >= 15 is 0 Å². The Morgan fingerprint density at radius 1 is 1.15 bits per heavy atom. The predicted molar refractivity (Wildman–Crippen MR) is 91.9 cm³/mol. The lowest BCUT2D eigenvalue weighted by Gasteiger charge is -2.24. The van der Waals surface area contributed by atoms with Crippen molar-refractivity contribution in [1.29, 1.82) is 0 Å². The molecule has 0 bridgehead atoms. The normalized spacial score (nSPS) is 12.2. The highest BCUT2D eigenvalue weighted by Gasteiger charge is 2.14. The van der Waals surface area contributed by atoms with Gasteiger partial charge in [-0.15, -0.1) is 0 Å². The van der Waals surface area contributed by atoms with Gasteiger partial charge in [0.25, 0.3) is 0 Å². The molecule has 1 rings (SSSR count). The van der Waals surface area contributed by atoms with E-state index in [-0.39, 0.29) is 5.41 Å². The van der Waals surface area contributed by atoms with Crippen molar-refractivity contribution in [1.82, 2.24) is 0 Å². The summed E-state index contributed by atoms with van der Waals surface area (Å²) in [6.07, 6.45) is 2.16. The molecule has 0 unspecified atom stereocenters. The molecule has 0 aliphatic carbocycles. The third-order valence-corrected chi connectivity index (χ3v) is 3.60. The van der Waals surface area contributed by atoms with E-state index in [2.05, 4.69) is 83.1 Å². The van der Waals surface area contributed by atoms with Gasteiger partial charge in [-0.2, -0.15) is 0 Å². The molecule has 1 heteroatoms. The highest BCUT2D eigenvalue weighted by molar-refractivity contribution is 5.66. The molecule has 1 nitrogen and oxygen atoms in total. The maximum atomic E-state index is 4.17. The molecule has 20 heavy (non-hydrogen) atoms. The molecule has 1 aromatic rings. The lowest BCUT2D eigenvalue weighted by Crippen LogP contribution is -2.16. The van der Waals surface area contributed by atoms with Gasteiger partial charge in [0.1, 0.15) is 0 Å². The monoisotopic (exact) mass is 269 g/mol. The van der Waals surface area contributed by atoms with Crippen molar-refractivity contribution in [3.63, 3.8) is 0 Å². The van der Waals surface area contributed by atoms with E-state index in [1.165, 1.54) is 16.9 Å². The van der Waals surface area contributed by atoms with Gasteiger partial charge < -0.3 is 4.90 Å². The molecule has 0 saturated heterocycles. The van der Waals surface area contributed by atoms with Crippen LogP contribution in [0.15, 0.2) is 54.8 Å². The zero-order valence-corrected chi connectivity index (χ0v) is 13.7. The van der Waals surface area contributed by atoms with Crippen LogP contribution in [0.4, 0.5) is 5.69 Å². The van der Waals surface area contributed by atoms with Crippen LogP contribution < -0.4 is 4.90 Å². The summed E-state index contributed by atoms with van der Waals surface area (Å²) in [4.78, 5) is 2.18. The number of hydrogen-bond acceptors (Lipinski definition) is 1. The van der Waals surface area contributed by atoms with Crippen molar-refractivity contribution in [3.05, 3.63) is 60.3 Å². The van der Waals surface area contributed by atoms with Crippen LogP contribution in [0.5, 0.6) is 0 Å². The molecule has 0 N–H and O–H groups in total. The first-order valence-electron chi connectivity index (χ1n) is 7.00. The lowest BCUT2D eigenvalue weighted by molar-refractivity contribution is 0.518. The number of rotatable bonds is 4. The van der Waals surface area contributed by atoms with E-state index in [0.717, 1.165) is 11.1 Å². The van der Waals surface area contributed by atoms with Crippen LogP contribution in [-0.4, -0.2) is 7.05 Å². The van der Waals surface area contributed by atoms with Crippen molar-refractivity contribution in [2.75, 3.05) is 11.9 Å². The van der Waals surface area contributed by atoms with E-state index in [9.17, 15) is 0 Å². The smallest absolute Gasteiger partial charge is 0.0411 e. The molecular formula is C19H27N. The van der Waals surface area contributed by atoms with Crippen molar-refractivity contribution in [2.24, 2.45) is 5.41 Å². The average Bonchev–Trinajstić information content (AvgIpc) is 2.36. The second-order valence-corrected chi connectivity index (χ2v) is 6.45. The third kappa shape index (κ3) is 4.12. The number of hydrogen-bond donors (Lipinski definition) is 0. The standard InChI is InChI=1S/C19H27N/c1-14(2)17-10-9-11-18(13-17)20(8)16(4)12-15(3)19(5,6)7/h9-13H,1,3H2,2,4-8H3/b16-12-. The molecule has 0 heterocycles. The first kappa shape index (κ1) is 16.3. The van der Waals surface area contributed by atoms with Gasteiger partial charge in [-0.25, -0.2) is 0 Å². The minimum absolute atomic E-state index is 0.0989. The molecule has 108 valence electrons. The zero-order valence-electron chi connectivity index (χ0n) is 13.7. The fraction of sp³-hybridized carbons (Fsp3) is 0.368. The van der Waals surface area contributed by atoms with E-state index < -0.39 is 0 Å². The Hall–Kier alpha value is -1.76. The molecule has 0 saturated carbocycles. The summed E-state index contributed by atoms with van der Waals surface area (Å²) in [6.45, 7) is 18.9. The summed E-state index contributed by atoms with van der Waals surface area (Å²) < 4.78 is 0. The fourth-order valence-electron chi connectivity index (χ4n) is 1.75. The summed E-state index contributed by atoms with van der Waals surface area (Å²) in [5, 5.41) is 0. The molecule has 1 aromatic carbocycles. The van der Waals surface area contributed by atoms with Gasteiger partial charge in [-0.05, 0) is 48.6 Å². The van der Waals surface area contributed by atoms with Gasteiger partial charge >= 0.3 is 0 Å². The third-order valence-electron chi connectivity index (χ3n) is 3.60. The van der Waals surface area contributed by atoms with Crippen molar-refractivity contribution >= 4 is 11.3 Å². The van der Waals surface area contributed by atoms with Crippen molar-refractivity contribution in [2.45, 2.75) is 34.6 Å². The van der Waals surface area contributed by atoms with Crippen LogP contribution in [0, 0.1) is 5.41 Å². The highest BCUT2D eigenvalue weighted by atomic mass is 15.1. The van der Waals surface area contributed by atoms with Crippen LogP contribution in [0.3, 0.4) is 0 Å². The molecule has 0 amide bonds. The van der Waals surface area contributed by atoms with Crippen LogP contribution in [0.1, 0.15) is 40.2 Å². The largest absolute Gasteiger partial charge is 0.348 e. The number of anilines is 1. The maximum Gasteiger partial charge on any atom is 0.0411 e. The Labute approximate surface area is 124 Å². The lowest BCUT2D eigenvalue weighted by atomic mass is 9.87. The van der Waals surface area contributed by atoms with Crippen LogP contribution in [0.25, 0.3) is 5.57 Å². The Morgan fingerprint density at radius 2 is 1.75 bits per heavy atom. The van der Waals surface area contributed by atoms with Crippen LogP contribution in [0.2, 0.25) is 0 Å². The quantitative estimate of drug-likeness (QED) is 0.637. The minimum Gasteiger partial charge on any atom is -0.348 e. The number of benzene rings is 1. The van der Waals surface area contributed by atoms with Crippen molar-refractivity contribution < 1.29 is 0 Å². The first-order chi connectivity index (χ1) is 9.12. The van der Waals surface area contributed by atoms with Crippen LogP contribution in [-0.2, 0) is 0 Å². The molecule has 0 atom stereocenters. The molecular weight excluding hydrogens is 242 g/mol. The van der Waals surface area contributed by atoms with Gasteiger partial charge in [0, 0.05) is 18.4 Å². The summed E-state index contributed by atoms with van der Waals surface area (Å²) in [7, 11) is 2.08. The van der Waals surface area contributed by atoms with Crippen LogP contribution >= 0.6 is 0 Å². The Kier molecular flexibility index (Phi) is 4.99. The predicted octanol–water partition coefficient (Wildman–Crippen LogP) is 5.66. The number of nitrogens with zero attached hydrogens (tertiary/aromatic N) is 1. The summed E-state index contributed by atoms with van der Waals surface area (Å²) in [5.74, 6) is 0. The minimum atomic E-state index is 0.0989. The maximum absolute atomic E-state index is 4.17. The SMILES string of the molecule is C=C(C)c1cccc(N(C)/C(C)=C\C(=C)C(C)(C)C)c1. The topological polar surface area (TPSA) is 3.24 Å². The van der Waals surface area contributed by atoms with Gasteiger partial charge in [0.15, 0.2) is 0 Å². The number of allylic oxidation sites excluding steroid dienone is 4. The highest BCUT2D eigenvalue weighted by Crippen LogP contribution is 2.27. The van der Waals surface area contributed by atoms with E-state index in [4.69, 9.17) is 0 Å². The second-order valence-electron chi connectivity index (χ2n) is 6.45. The van der Waals surface area contributed by atoms with Gasteiger partial charge in [-0.1, -0.05) is 51.6 Å². The Bertz CT molecular complexity index is 541.